The summed E-state index contributed by atoms with van der Waals surface area (Å²) in [6.45, 7) is 5.69. The van der Waals surface area contributed by atoms with Crippen LogP contribution in [0.3, 0.4) is 0 Å². The largest absolute Gasteiger partial charge is 0.381 e. The molecule has 5 nitrogen and oxygen atoms in total. The Bertz CT molecular complexity index is 506. The SMILES string of the molecule is CCCCOCCCNC(=O)C(=O)Nc1ccc(C)c(Cl)c1. The standard InChI is InChI=1S/C16H23ClN2O3/c1-3-4-9-22-10-5-8-18-15(20)16(21)19-13-7-6-12(2)14(17)11-13/h6-7,11H,3-5,8-10H2,1-2H3,(H,18,20)(H,19,21). The molecule has 0 unspecified atom stereocenters. The number of amides is 2. The summed E-state index contributed by atoms with van der Waals surface area (Å²) < 4.78 is 5.37. The molecule has 0 spiro atoms. The molecule has 6 heteroatoms. The zero-order valence-electron chi connectivity index (χ0n) is 13.1. The number of carbonyl (C=O) groups excluding carboxylic acids is 2. The third-order valence-corrected chi connectivity index (χ3v) is 3.44. The van der Waals surface area contributed by atoms with Gasteiger partial charge in [-0.2, -0.15) is 0 Å². The van der Waals surface area contributed by atoms with Crippen molar-refractivity contribution >= 4 is 29.1 Å². The van der Waals surface area contributed by atoms with Crippen molar-refractivity contribution in [1.29, 1.82) is 0 Å². The second-order valence-corrected chi connectivity index (χ2v) is 5.40. The lowest BCUT2D eigenvalue weighted by Gasteiger charge is -2.08. The van der Waals surface area contributed by atoms with Crippen molar-refractivity contribution in [1.82, 2.24) is 5.32 Å². The van der Waals surface area contributed by atoms with Gasteiger partial charge in [0.05, 0.1) is 0 Å². The highest BCUT2D eigenvalue weighted by molar-refractivity contribution is 6.39. The predicted octanol–water partition coefficient (Wildman–Crippen LogP) is 2.91. The molecule has 0 atom stereocenters. The van der Waals surface area contributed by atoms with Crippen molar-refractivity contribution in [3.05, 3.63) is 28.8 Å². The van der Waals surface area contributed by atoms with Gasteiger partial charge in [-0.3, -0.25) is 9.59 Å². The van der Waals surface area contributed by atoms with Crippen molar-refractivity contribution in [2.24, 2.45) is 0 Å². The van der Waals surface area contributed by atoms with Crippen LogP contribution < -0.4 is 10.6 Å². The van der Waals surface area contributed by atoms with Gasteiger partial charge in [0.2, 0.25) is 0 Å². The monoisotopic (exact) mass is 326 g/mol. The van der Waals surface area contributed by atoms with E-state index < -0.39 is 11.8 Å². The van der Waals surface area contributed by atoms with Crippen molar-refractivity contribution in [2.45, 2.75) is 33.1 Å². The lowest BCUT2D eigenvalue weighted by Crippen LogP contribution is -2.36. The minimum Gasteiger partial charge on any atom is -0.381 e. The van der Waals surface area contributed by atoms with Gasteiger partial charge in [-0.1, -0.05) is 31.0 Å². The number of carbonyl (C=O) groups is 2. The van der Waals surface area contributed by atoms with E-state index in [9.17, 15) is 9.59 Å². The third kappa shape index (κ3) is 6.91. The van der Waals surface area contributed by atoms with E-state index in [1.54, 1.807) is 18.2 Å². The molecule has 0 aliphatic carbocycles. The first-order chi connectivity index (χ1) is 10.5. The maximum atomic E-state index is 11.7. The first-order valence-electron chi connectivity index (χ1n) is 7.47. The maximum Gasteiger partial charge on any atom is 0.313 e. The molecule has 0 saturated heterocycles. The summed E-state index contributed by atoms with van der Waals surface area (Å²) in [7, 11) is 0. The highest BCUT2D eigenvalue weighted by atomic mass is 35.5. The molecule has 0 fully saturated rings. The molecule has 1 aromatic rings. The lowest BCUT2D eigenvalue weighted by atomic mass is 10.2. The van der Waals surface area contributed by atoms with Gasteiger partial charge < -0.3 is 15.4 Å². The average Bonchev–Trinajstić information content (AvgIpc) is 2.49. The van der Waals surface area contributed by atoms with E-state index >= 15 is 0 Å². The zero-order chi connectivity index (χ0) is 16.4. The zero-order valence-corrected chi connectivity index (χ0v) is 13.8. The second-order valence-electron chi connectivity index (χ2n) is 4.99. The van der Waals surface area contributed by atoms with Crippen LogP contribution in [0.4, 0.5) is 5.69 Å². The van der Waals surface area contributed by atoms with E-state index in [-0.39, 0.29) is 0 Å². The van der Waals surface area contributed by atoms with Gasteiger partial charge in [0, 0.05) is 30.5 Å². The summed E-state index contributed by atoms with van der Waals surface area (Å²) in [4.78, 5) is 23.4. The predicted molar refractivity (Wildman–Crippen MR) is 88.2 cm³/mol. The molecule has 122 valence electrons. The van der Waals surface area contributed by atoms with Crippen LogP contribution in [0.5, 0.6) is 0 Å². The number of nitrogens with one attached hydrogen (secondary N) is 2. The Morgan fingerprint density at radius 3 is 2.59 bits per heavy atom. The highest BCUT2D eigenvalue weighted by Gasteiger charge is 2.13. The number of anilines is 1. The van der Waals surface area contributed by atoms with Crippen molar-refractivity contribution in [2.75, 3.05) is 25.1 Å². The molecule has 0 aromatic heterocycles. The molecule has 2 amide bonds. The molecule has 22 heavy (non-hydrogen) atoms. The van der Waals surface area contributed by atoms with E-state index in [1.807, 2.05) is 6.92 Å². The van der Waals surface area contributed by atoms with Crippen molar-refractivity contribution in [3.8, 4) is 0 Å². The number of hydrogen-bond acceptors (Lipinski definition) is 3. The smallest absolute Gasteiger partial charge is 0.313 e. The van der Waals surface area contributed by atoms with E-state index in [0.29, 0.717) is 30.3 Å². The van der Waals surface area contributed by atoms with E-state index in [4.69, 9.17) is 16.3 Å². The molecular formula is C16H23ClN2O3. The third-order valence-electron chi connectivity index (χ3n) is 3.03. The summed E-state index contributed by atoms with van der Waals surface area (Å²) in [5, 5.41) is 5.61. The molecule has 0 aliphatic rings. The first kappa shape index (κ1) is 18.5. The number of aryl methyl sites for hydroxylation is 1. The Labute approximate surface area is 136 Å². The molecular weight excluding hydrogens is 304 g/mol. The molecule has 0 bridgehead atoms. The van der Waals surface area contributed by atoms with Gasteiger partial charge in [-0.15, -0.1) is 0 Å². The maximum absolute atomic E-state index is 11.7. The fourth-order valence-corrected chi connectivity index (χ4v) is 1.84. The highest BCUT2D eigenvalue weighted by Crippen LogP contribution is 2.19. The Hall–Kier alpha value is -1.59. The average molecular weight is 327 g/mol. The topological polar surface area (TPSA) is 67.4 Å². The van der Waals surface area contributed by atoms with E-state index in [2.05, 4.69) is 17.6 Å². The number of ether oxygens (including phenoxy) is 1. The molecule has 0 radical (unpaired) electrons. The van der Waals surface area contributed by atoms with Gasteiger partial charge in [0.25, 0.3) is 0 Å². The Morgan fingerprint density at radius 1 is 1.18 bits per heavy atom. The molecule has 1 rings (SSSR count). The van der Waals surface area contributed by atoms with E-state index in [1.165, 1.54) is 0 Å². The summed E-state index contributed by atoms with van der Waals surface area (Å²) >= 11 is 5.97. The normalized spacial score (nSPS) is 10.3. The molecule has 0 aliphatic heterocycles. The number of hydrogen-bond donors (Lipinski definition) is 2. The van der Waals surface area contributed by atoms with Crippen molar-refractivity contribution < 1.29 is 14.3 Å². The van der Waals surface area contributed by atoms with Crippen LogP contribution in [0.2, 0.25) is 5.02 Å². The molecule has 0 saturated carbocycles. The van der Waals surface area contributed by atoms with Crippen LogP contribution in [-0.4, -0.2) is 31.6 Å². The summed E-state index contributed by atoms with van der Waals surface area (Å²) in [5.41, 5.74) is 1.41. The number of benzene rings is 1. The van der Waals surface area contributed by atoms with Gasteiger partial charge >= 0.3 is 11.8 Å². The minimum atomic E-state index is -0.702. The quantitative estimate of drug-likeness (QED) is 0.570. The van der Waals surface area contributed by atoms with Gasteiger partial charge in [0.1, 0.15) is 0 Å². The Kier molecular flexibility index (Phi) is 8.55. The molecule has 1 aromatic carbocycles. The summed E-state index contributed by atoms with van der Waals surface area (Å²) in [6, 6.07) is 5.10. The Morgan fingerprint density at radius 2 is 1.91 bits per heavy atom. The van der Waals surface area contributed by atoms with Crippen LogP contribution in [-0.2, 0) is 14.3 Å². The lowest BCUT2D eigenvalue weighted by molar-refractivity contribution is -0.136. The molecule has 2 N–H and O–H groups in total. The second kappa shape index (κ2) is 10.2. The van der Waals surface area contributed by atoms with Gasteiger partial charge in [0.15, 0.2) is 0 Å². The summed E-state index contributed by atoms with van der Waals surface area (Å²) in [5.74, 6) is -1.36. The number of halogens is 1. The van der Waals surface area contributed by atoms with Crippen LogP contribution in [0.15, 0.2) is 18.2 Å². The first-order valence-corrected chi connectivity index (χ1v) is 7.85. The summed E-state index contributed by atoms with van der Waals surface area (Å²) in [6.07, 6.45) is 2.81. The van der Waals surface area contributed by atoms with Crippen molar-refractivity contribution in [3.63, 3.8) is 0 Å². The fourth-order valence-electron chi connectivity index (χ4n) is 1.66. The van der Waals surface area contributed by atoms with Crippen LogP contribution in [0.25, 0.3) is 0 Å². The number of unbranched alkanes of at least 4 members (excludes halogenated alkanes) is 1. The minimum absolute atomic E-state index is 0.410. The molecule has 0 heterocycles. The van der Waals surface area contributed by atoms with Gasteiger partial charge in [-0.05, 0) is 37.5 Å². The Balaban J connectivity index is 2.24. The van der Waals surface area contributed by atoms with Crippen LogP contribution >= 0.6 is 11.6 Å². The van der Waals surface area contributed by atoms with Crippen LogP contribution in [0.1, 0.15) is 31.7 Å². The van der Waals surface area contributed by atoms with Crippen LogP contribution in [0, 0.1) is 6.92 Å². The van der Waals surface area contributed by atoms with Gasteiger partial charge in [-0.25, -0.2) is 0 Å². The number of rotatable bonds is 8. The fraction of sp³-hybridized carbons (Fsp3) is 0.500. The van der Waals surface area contributed by atoms with E-state index in [0.717, 1.165) is 25.0 Å².